The standard InChI is InChI=1S/C19H30N4/c1-15-5-3-4-12-23(15)14-17-8-6-16(7-9-17)13-21-19(20)22(2)18-10-11-18/h6-9,15,18H,3-5,10-14H2,1-2H3,(H2,20,21). The fourth-order valence-electron chi connectivity index (χ4n) is 3.31. The maximum atomic E-state index is 6.04. The normalized spacial score (nSPS) is 23.0. The number of nitrogens with zero attached hydrogens (tertiary/aromatic N) is 3. The van der Waals surface area contributed by atoms with Crippen molar-refractivity contribution in [2.45, 2.75) is 64.2 Å². The van der Waals surface area contributed by atoms with Crippen LogP contribution in [0.15, 0.2) is 29.3 Å². The lowest BCUT2D eigenvalue weighted by atomic mass is 10.0. The topological polar surface area (TPSA) is 44.9 Å². The van der Waals surface area contributed by atoms with E-state index in [-0.39, 0.29) is 0 Å². The molecule has 1 heterocycles. The molecule has 0 aromatic heterocycles. The van der Waals surface area contributed by atoms with Crippen LogP contribution in [-0.2, 0) is 13.1 Å². The molecule has 23 heavy (non-hydrogen) atoms. The van der Waals surface area contributed by atoms with Gasteiger partial charge in [0, 0.05) is 25.7 Å². The minimum atomic E-state index is 0.618. The van der Waals surface area contributed by atoms with Crippen LogP contribution in [0.1, 0.15) is 50.2 Å². The average Bonchev–Trinajstić information content (AvgIpc) is 3.40. The molecule has 1 aromatic carbocycles. The van der Waals surface area contributed by atoms with Gasteiger partial charge in [0.05, 0.1) is 6.54 Å². The Kier molecular flexibility index (Phi) is 5.21. The molecule has 0 radical (unpaired) electrons. The monoisotopic (exact) mass is 314 g/mol. The van der Waals surface area contributed by atoms with Gasteiger partial charge < -0.3 is 10.6 Å². The molecule has 1 aromatic rings. The van der Waals surface area contributed by atoms with Gasteiger partial charge in [-0.3, -0.25) is 4.90 Å². The Morgan fingerprint density at radius 2 is 1.87 bits per heavy atom. The Labute approximate surface area is 140 Å². The van der Waals surface area contributed by atoms with Gasteiger partial charge in [-0.1, -0.05) is 30.7 Å². The summed E-state index contributed by atoms with van der Waals surface area (Å²) in [7, 11) is 2.04. The van der Waals surface area contributed by atoms with Crippen molar-refractivity contribution in [2.75, 3.05) is 13.6 Å². The van der Waals surface area contributed by atoms with Crippen LogP contribution in [0.2, 0.25) is 0 Å². The molecule has 1 aliphatic carbocycles. The molecular weight excluding hydrogens is 284 g/mol. The molecule has 3 rings (SSSR count). The van der Waals surface area contributed by atoms with E-state index in [1.54, 1.807) is 0 Å². The van der Waals surface area contributed by atoms with Crippen molar-refractivity contribution in [3.63, 3.8) is 0 Å². The third-order valence-corrected chi connectivity index (χ3v) is 5.23. The van der Waals surface area contributed by atoms with E-state index >= 15 is 0 Å². The third kappa shape index (κ3) is 4.47. The highest BCUT2D eigenvalue weighted by molar-refractivity contribution is 5.78. The van der Waals surface area contributed by atoms with Gasteiger partial charge in [0.1, 0.15) is 0 Å². The first-order valence-corrected chi connectivity index (χ1v) is 8.98. The number of benzene rings is 1. The average molecular weight is 314 g/mol. The molecule has 1 aliphatic heterocycles. The number of aliphatic imine (C=N–C) groups is 1. The van der Waals surface area contributed by atoms with E-state index in [0.717, 1.165) is 6.54 Å². The largest absolute Gasteiger partial charge is 0.370 e. The number of likely N-dealkylation sites (tertiary alicyclic amines) is 1. The van der Waals surface area contributed by atoms with Crippen LogP contribution >= 0.6 is 0 Å². The number of nitrogens with two attached hydrogens (primary N) is 1. The van der Waals surface area contributed by atoms with Crippen LogP contribution in [0.3, 0.4) is 0 Å². The first-order chi connectivity index (χ1) is 11.1. The lowest BCUT2D eigenvalue weighted by Gasteiger charge is -2.33. The summed E-state index contributed by atoms with van der Waals surface area (Å²) in [5.41, 5.74) is 8.67. The van der Waals surface area contributed by atoms with Gasteiger partial charge in [0.25, 0.3) is 0 Å². The fraction of sp³-hybridized carbons (Fsp3) is 0.632. The highest BCUT2D eigenvalue weighted by Gasteiger charge is 2.27. The second-order valence-electron chi connectivity index (χ2n) is 7.15. The summed E-state index contributed by atoms with van der Waals surface area (Å²) in [5, 5.41) is 0. The molecular formula is C19H30N4. The van der Waals surface area contributed by atoms with Crippen molar-refractivity contribution in [2.24, 2.45) is 10.7 Å². The van der Waals surface area contributed by atoms with E-state index in [2.05, 4.69) is 46.0 Å². The minimum absolute atomic E-state index is 0.618. The van der Waals surface area contributed by atoms with Crippen LogP contribution < -0.4 is 5.73 Å². The quantitative estimate of drug-likeness (QED) is 0.671. The molecule has 4 nitrogen and oxygen atoms in total. The molecule has 0 bridgehead atoms. The van der Waals surface area contributed by atoms with E-state index in [1.807, 2.05) is 7.05 Å². The number of rotatable bonds is 5. The fourth-order valence-corrected chi connectivity index (χ4v) is 3.31. The van der Waals surface area contributed by atoms with E-state index in [1.165, 1.54) is 49.8 Å². The van der Waals surface area contributed by atoms with Gasteiger partial charge in [-0.05, 0) is 50.3 Å². The smallest absolute Gasteiger partial charge is 0.191 e. The number of hydrogen-bond donors (Lipinski definition) is 1. The van der Waals surface area contributed by atoms with Gasteiger partial charge in [-0.25, -0.2) is 4.99 Å². The lowest BCUT2D eigenvalue weighted by molar-refractivity contribution is 0.152. The van der Waals surface area contributed by atoms with Crippen LogP contribution in [0, 0.1) is 0 Å². The Bertz CT molecular complexity index is 533. The van der Waals surface area contributed by atoms with Gasteiger partial charge in [0.15, 0.2) is 5.96 Å². The third-order valence-electron chi connectivity index (χ3n) is 5.23. The molecule has 0 amide bonds. The van der Waals surface area contributed by atoms with E-state index in [9.17, 15) is 0 Å². The molecule has 1 atom stereocenters. The molecule has 1 unspecified atom stereocenters. The summed E-state index contributed by atoms with van der Waals surface area (Å²) in [6.07, 6.45) is 6.55. The highest BCUT2D eigenvalue weighted by Crippen LogP contribution is 2.25. The van der Waals surface area contributed by atoms with Crippen LogP contribution in [0.5, 0.6) is 0 Å². The van der Waals surface area contributed by atoms with Gasteiger partial charge in [-0.2, -0.15) is 0 Å². The summed E-state index contributed by atoms with van der Waals surface area (Å²) in [5.74, 6) is 0.665. The zero-order valence-electron chi connectivity index (χ0n) is 14.5. The molecule has 2 fully saturated rings. The predicted molar refractivity (Wildman–Crippen MR) is 96.3 cm³/mol. The van der Waals surface area contributed by atoms with E-state index in [4.69, 9.17) is 5.73 Å². The number of hydrogen-bond acceptors (Lipinski definition) is 2. The van der Waals surface area contributed by atoms with Crippen LogP contribution in [-0.4, -0.2) is 41.4 Å². The van der Waals surface area contributed by atoms with Crippen LogP contribution in [0.25, 0.3) is 0 Å². The molecule has 1 saturated carbocycles. The van der Waals surface area contributed by atoms with Crippen molar-refractivity contribution in [1.82, 2.24) is 9.80 Å². The molecule has 0 spiro atoms. The molecule has 4 heteroatoms. The summed E-state index contributed by atoms with van der Waals surface area (Å²) >= 11 is 0. The molecule has 2 aliphatic rings. The number of piperidine rings is 1. The van der Waals surface area contributed by atoms with Gasteiger partial charge >= 0.3 is 0 Å². The maximum absolute atomic E-state index is 6.04. The van der Waals surface area contributed by atoms with Crippen molar-refractivity contribution in [3.05, 3.63) is 35.4 Å². The summed E-state index contributed by atoms with van der Waals surface area (Å²) < 4.78 is 0. The zero-order valence-corrected chi connectivity index (χ0v) is 14.5. The van der Waals surface area contributed by atoms with Gasteiger partial charge in [0.2, 0.25) is 0 Å². The summed E-state index contributed by atoms with van der Waals surface area (Å²) in [4.78, 5) is 9.22. The van der Waals surface area contributed by atoms with E-state index in [0.29, 0.717) is 24.6 Å². The maximum Gasteiger partial charge on any atom is 0.191 e. The Morgan fingerprint density at radius 1 is 1.17 bits per heavy atom. The predicted octanol–water partition coefficient (Wildman–Crippen LogP) is 2.97. The number of guanidine groups is 1. The van der Waals surface area contributed by atoms with Crippen molar-refractivity contribution < 1.29 is 0 Å². The van der Waals surface area contributed by atoms with Crippen molar-refractivity contribution in [1.29, 1.82) is 0 Å². The second kappa shape index (κ2) is 7.35. The van der Waals surface area contributed by atoms with Crippen LogP contribution in [0.4, 0.5) is 0 Å². The van der Waals surface area contributed by atoms with Crippen molar-refractivity contribution >= 4 is 5.96 Å². The van der Waals surface area contributed by atoms with Crippen molar-refractivity contribution in [3.8, 4) is 0 Å². The Balaban J connectivity index is 1.53. The second-order valence-corrected chi connectivity index (χ2v) is 7.15. The van der Waals surface area contributed by atoms with E-state index < -0.39 is 0 Å². The first kappa shape index (κ1) is 16.3. The minimum Gasteiger partial charge on any atom is -0.370 e. The highest BCUT2D eigenvalue weighted by atomic mass is 15.3. The van der Waals surface area contributed by atoms with Gasteiger partial charge in [-0.15, -0.1) is 0 Å². The summed E-state index contributed by atoms with van der Waals surface area (Å²) in [6.45, 7) is 5.32. The SMILES string of the molecule is CC1CCCCN1Cc1ccc(CN=C(N)N(C)C2CC2)cc1. The molecule has 126 valence electrons. The Morgan fingerprint density at radius 3 is 2.52 bits per heavy atom. The summed E-state index contributed by atoms with van der Waals surface area (Å²) in [6, 6.07) is 10.2. The Hall–Kier alpha value is -1.55. The molecule has 1 saturated heterocycles. The lowest BCUT2D eigenvalue weighted by Crippen LogP contribution is -2.36. The molecule has 2 N–H and O–H groups in total. The first-order valence-electron chi connectivity index (χ1n) is 8.98. The zero-order chi connectivity index (χ0) is 16.2.